The first kappa shape index (κ1) is 18.9. The molecule has 0 aromatic rings. The number of rotatable bonds is 10. The van der Waals surface area contributed by atoms with Gasteiger partial charge in [-0.05, 0) is 25.7 Å². The van der Waals surface area contributed by atoms with Gasteiger partial charge in [-0.15, -0.1) is 11.6 Å². The van der Waals surface area contributed by atoms with Crippen molar-refractivity contribution in [1.29, 1.82) is 0 Å². The minimum atomic E-state index is 0. The fraction of sp³-hybridized carbons (Fsp3) is 0.714. The zero-order chi connectivity index (χ0) is 11.2. The van der Waals surface area contributed by atoms with E-state index in [2.05, 4.69) is 31.2 Å². The van der Waals surface area contributed by atoms with Gasteiger partial charge in [-0.3, -0.25) is 0 Å². The van der Waals surface area contributed by atoms with Crippen LogP contribution in [0.25, 0.3) is 0 Å². The maximum Gasteiger partial charge on any atom is 2.00 e. The minimum Gasteiger partial charge on any atom is -1.00 e. The van der Waals surface area contributed by atoms with Crippen molar-refractivity contribution in [3.8, 4) is 0 Å². The molecule has 0 aliphatic rings. The fourth-order valence-electron chi connectivity index (χ4n) is 1.38. The van der Waals surface area contributed by atoms with E-state index in [1.807, 2.05) is 0 Å². The van der Waals surface area contributed by atoms with Crippen molar-refractivity contribution in [2.75, 3.05) is 5.88 Å². The molecule has 0 aromatic carbocycles. The molecule has 0 aromatic heterocycles. The number of alkyl halides is 1. The SMILES string of the molecule is CCCC/C=C\C=C\CCCCCCCl.[H-].[H-].[Mg+2]. The molecule has 0 atom stereocenters. The first-order chi connectivity index (χ1) is 7.41. The number of allylic oxidation sites excluding steroid dienone is 4. The largest absolute Gasteiger partial charge is 2.00 e. The van der Waals surface area contributed by atoms with Crippen LogP contribution in [0.2, 0.25) is 0 Å². The van der Waals surface area contributed by atoms with Crippen LogP contribution in [0.1, 0.15) is 61.1 Å². The third-order valence-corrected chi connectivity index (χ3v) is 2.63. The zero-order valence-electron chi connectivity index (χ0n) is 12.8. The Morgan fingerprint density at radius 3 is 2.00 bits per heavy atom. The fourth-order valence-corrected chi connectivity index (χ4v) is 1.57. The molecule has 0 saturated heterocycles. The van der Waals surface area contributed by atoms with Crippen molar-refractivity contribution < 1.29 is 2.85 Å². The Labute approximate surface area is 126 Å². The number of hydrogen-bond acceptors (Lipinski definition) is 0. The van der Waals surface area contributed by atoms with Crippen molar-refractivity contribution in [2.24, 2.45) is 0 Å². The van der Waals surface area contributed by atoms with E-state index < -0.39 is 0 Å². The van der Waals surface area contributed by atoms with E-state index in [9.17, 15) is 0 Å². The van der Waals surface area contributed by atoms with E-state index in [0.717, 1.165) is 5.88 Å². The van der Waals surface area contributed by atoms with E-state index in [4.69, 9.17) is 11.6 Å². The Morgan fingerprint density at radius 2 is 1.44 bits per heavy atom. The molecule has 0 rings (SSSR count). The molecule has 0 spiro atoms. The molecule has 0 radical (unpaired) electrons. The summed E-state index contributed by atoms with van der Waals surface area (Å²) in [5.74, 6) is 0.815. The first-order valence-corrected chi connectivity index (χ1v) is 6.83. The summed E-state index contributed by atoms with van der Waals surface area (Å²) in [5.41, 5.74) is 0. The third kappa shape index (κ3) is 16.9. The van der Waals surface area contributed by atoms with Crippen molar-refractivity contribution >= 4 is 34.7 Å². The van der Waals surface area contributed by atoms with Gasteiger partial charge < -0.3 is 2.85 Å². The van der Waals surface area contributed by atoms with E-state index >= 15 is 0 Å². The molecule has 0 bridgehead atoms. The van der Waals surface area contributed by atoms with Gasteiger partial charge in [-0.1, -0.05) is 56.9 Å². The Balaban J connectivity index is -0.000000327. The summed E-state index contributed by atoms with van der Waals surface area (Å²) in [5, 5.41) is 0. The first-order valence-electron chi connectivity index (χ1n) is 6.29. The summed E-state index contributed by atoms with van der Waals surface area (Å²) in [6, 6.07) is 0. The van der Waals surface area contributed by atoms with Gasteiger partial charge in [-0.2, -0.15) is 0 Å². The molecule has 2 heteroatoms. The van der Waals surface area contributed by atoms with Crippen LogP contribution in [-0.2, 0) is 0 Å². The maximum atomic E-state index is 5.60. The normalized spacial score (nSPS) is 11.1. The molecule has 0 amide bonds. The molecule has 0 fully saturated rings. The summed E-state index contributed by atoms with van der Waals surface area (Å²) in [7, 11) is 0. The van der Waals surface area contributed by atoms with Gasteiger partial charge in [0.15, 0.2) is 0 Å². The summed E-state index contributed by atoms with van der Waals surface area (Å²) in [6.45, 7) is 2.23. The van der Waals surface area contributed by atoms with Crippen LogP contribution in [-0.4, -0.2) is 28.9 Å². The minimum absolute atomic E-state index is 0. The molecule has 0 N–H and O–H groups in total. The van der Waals surface area contributed by atoms with Crippen LogP contribution < -0.4 is 0 Å². The number of hydrogen-bond donors (Lipinski definition) is 0. The van der Waals surface area contributed by atoms with Crippen molar-refractivity contribution in [1.82, 2.24) is 0 Å². The smallest absolute Gasteiger partial charge is 1.00 e. The van der Waals surface area contributed by atoms with Crippen LogP contribution in [0.15, 0.2) is 24.3 Å². The van der Waals surface area contributed by atoms with Gasteiger partial charge in [-0.25, -0.2) is 0 Å². The second-order valence-corrected chi connectivity index (χ2v) is 4.27. The molecular weight excluding hydrogens is 228 g/mol. The molecule has 0 aliphatic heterocycles. The summed E-state index contributed by atoms with van der Waals surface area (Å²) < 4.78 is 0. The average Bonchev–Trinajstić information content (AvgIpc) is 2.26. The molecule has 0 saturated carbocycles. The van der Waals surface area contributed by atoms with Crippen molar-refractivity contribution in [3.05, 3.63) is 24.3 Å². The van der Waals surface area contributed by atoms with Crippen molar-refractivity contribution in [3.63, 3.8) is 0 Å². The quantitative estimate of drug-likeness (QED) is 0.214. The van der Waals surface area contributed by atoms with Gasteiger partial charge in [0.1, 0.15) is 0 Å². The molecule has 0 heterocycles. The Bertz CT molecular complexity index is 173. The van der Waals surface area contributed by atoms with E-state index in [0.29, 0.717) is 0 Å². The second-order valence-electron chi connectivity index (χ2n) is 3.89. The number of halogens is 1. The standard InChI is InChI=1S/C14H25Cl.Mg.2H/c1-2-3-4-5-6-7-8-9-10-11-12-13-14-15;;;/h5-8H,2-4,9-14H2,1H3;;;/q;+2;2*-1/b6-5-,8-7+;;;. The Kier molecular flexibility index (Phi) is 21.2. The van der Waals surface area contributed by atoms with E-state index in [1.54, 1.807) is 0 Å². The predicted octanol–water partition coefficient (Wildman–Crippen LogP) is 5.32. The number of unbranched alkanes of at least 4 members (excludes halogenated alkanes) is 6. The van der Waals surface area contributed by atoms with Crippen molar-refractivity contribution in [2.45, 2.75) is 58.3 Å². The van der Waals surface area contributed by atoms with Crippen LogP contribution in [0.4, 0.5) is 0 Å². The molecule has 0 nitrogen and oxygen atoms in total. The average molecular weight is 255 g/mol. The zero-order valence-corrected chi connectivity index (χ0v) is 12.9. The van der Waals surface area contributed by atoms with E-state index in [-0.39, 0.29) is 25.9 Å². The maximum absolute atomic E-state index is 5.60. The molecule has 16 heavy (non-hydrogen) atoms. The van der Waals surface area contributed by atoms with Gasteiger partial charge >= 0.3 is 23.1 Å². The van der Waals surface area contributed by atoms with Crippen LogP contribution in [0, 0.1) is 0 Å². The molecular formula is C14H27ClMg. The van der Waals surface area contributed by atoms with E-state index in [1.165, 1.54) is 51.4 Å². The van der Waals surface area contributed by atoms with Crippen LogP contribution in [0.3, 0.4) is 0 Å². The van der Waals surface area contributed by atoms with Gasteiger partial charge in [0, 0.05) is 5.88 Å². The molecule has 92 valence electrons. The summed E-state index contributed by atoms with van der Waals surface area (Å²) in [4.78, 5) is 0. The van der Waals surface area contributed by atoms with Crippen LogP contribution >= 0.6 is 11.6 Å². The Morgan fingerprint density at radius 1 is 0.875 bits per heavy atom. The third-order valence-electron chi connectivity index (χ3n) is 2.36. The van der Waals surface area contributed by atoms with Gasteiger partial charge in [0.05, 0.1) is 0 Å². The summed E-state index contributed by atoms with van der Waals surface area (Å²) >= 11 is 5.60. The topological polar surface area (TPSA) is 0 Å². The molecule has 0 aliphatic carbocycles. The van der Waals surface area contributed by atoms with Gasteiger partial charge in [0.25, 0.3) is 0 Å². The monoisotopic (exact) mass is 254 g/mol. The second kappa shape index (κ2) is 17.9. The van der Waals surface area contributed by atoms with Crippen LogP contribution in [0.5, 0.6) is 0 Å². The van der Waals surface area contributed by atoms with Gasteiger partial charge in [0.2, 0.25) is 0 Å². The molecule has 0 unspecified atom stereocenters. The Hall–Kier alpha value is 0.536. The summed E-state index contributed by atoms with van der Waals surface area (Å²) in [6.07, 6.45) is 19.0. The predicted molar refractivity (Wildman–Crippen MR) is 79.6 cm³/mol.